The normalized spacial score (nSPS) is 10.7. The Bertz CT molecular complexity index is 329. The molecule has 0 heterocycles. The number of hydrogen-bond acceptors (Lipinski definition) is 2. The Hall–Kier alpha value is -1.00. The molecule has 84 valence electrons. The van der Waals surface area contributed by atoms with Gasteiger partial charge < -0.3 is 10.1 Å². The Morgan fingerprint density at radius 2 is 1.80 bits per heavy atom. The Balaban J connectivity index is 2.88. The minimum absolute atomic E-state index is 0.0923. The molecule has 1 N–H and O–H groups in total. The molecular weight excluding hydrogens is 200 g/mol. The van der Waals surface area contributed by atoms with Crippen molar-refractivity contribution in [3.63, 3.8) is 0 Å². The summed E-state index contributed by atoms with van der Waals surface area (Å²) in [5, 5.41) is 2.89. The van der Waals surface area contributed by atoms with Gasteiger partial charge in [-0.3, -0.25) is 0 Å². The van der Waals surface area contributed by atoms with Crippen LogP contribution in [0.3, 0.4) is 0 Å². The smallest absolute Gasteiger partial charge is 0.164 e. The quantitative estimate of drug-likeness (QED) is 0.809. The average molecular weight is 215 g/mol. The standard InChI is InChI=1S/C11H15F2NO/c1-14-6-5-8-3-4-9(7-15-2)11(13)10(8)12/h3-4,14H,5-7H2,1-2H3. The summed E-state index contributed by atoms with van der Waals surface area (Å²) in [5.74, 6) is -1.56. The van der Waals surface area contributed by atoms with E-state index in [2.05, 4.69) is 5.32 Å². The van der Waals surface area contributed by atoms with Gasteiger partial charge in [-0.25, -0.2) is 8.78 Å². The summed E-state index contributed by atoms with van der Waals surface area (Å²) in [7, 11) is 3.22. The van der Waals surface area contributed by atoms with Gasteiger partial charge >= 0.3 is 0 Å². The number of nitrogens with one attached hydrogen (secondary N) is 1. The van der Waals surface area contributed by atoms with Crippen LogP contribution in [0.5, 0.6) is 0 Å². The monoisotopic (exact) mass is 215 g/mol. The molecular formula is C11H15F2NO. The van der Waals surface area contributed by atoms with E-state index < -0.39 is 11.6 Å². The van der Waals surface area contributed by atoms with E-state index in [0.717, 1.165) is 0 Å². The van der Waals surface area contributed by atoms with Crippen LogP contribution in [0, 0.1) is 11.6 Å². The SMILES string of the molecule is CNCCc1ccc(COC)c(F)c1F. The summed E-state index contributed by atoms with van der Waals surface area (Å²) >= 11 is 0. The van der Waals surface area contributed by atoms with E-state index in [1.54, 1.807) is 19.2 Å². The first-order valence-electron chi connectivity index (χ1n) is 4.80. The van der Waals surface area contributed by atoms with Crippen molar-refractivity contribution in [1.82, 2.24) is 5.32 Å². The van der Waals surface area contributed by atoms with Crippen molar-refractivity contribution in [1.29, 1.82) is 0 Å². The molecule has 1 aromatic carbocycles. The van der Waals surface area contributed by atoms with Gasteiger partial charge in [-0.1, -0.05) is 12.1 Å². The highest BCUT2D eigenvalue weighted by Gasteiger charge is 2.12. The van der Waals surface area contributed by atoms with E-state index in [1.807, 2.05) is 0 Å². The first-order chi connectivity index (χ1) is 7.20. The van der Waals surface area contributed by atoms with Crippen LogP contribution in [0.1, 0.15) is 11.1 Å². The van der Waals surface area contributed by atoms with Gasteiger partial charge in [0.15, 0.2) is 11.6 Å². The summed E-state index contributed by atoms with van der Waals surface area (Å²) in [6, 6.07) is 3.16. The molecule has 0 saturated carbocycles. The van der Waals surface area contributed by atoms with E-state index in [9.17, 15) is 8.78 Å². The second-order valence-electron chi connectivity index (χ2n) is 3.30. The molecule has 0 aliphatic heterocycles. The van der Waals surface area contributed by atoms with E-state index in [1.165, 1.54) is 7.11 Å². The third-order valence-electron chi connectivity index (χ3n) is 2.19. The Morgan fingerprint density at radius 3 is 2.40 bits per heavy atom. The molecule has 0 saturated heterocycles. The fourth-order valence-electron chi connectivity index (χ4n) is 1.35. The molecule has 1 aromatic rings. The van der Waals surface area contributed by atoms with Gasteiger partial charge in [0.1, 0.15) is 0 Å². The molecule has 1 rings (SSSR count). The van der Waals surface area contributed by atoms with Gasteiger partial charge in [0.2, 0.25) is 0 Å². The zero-order chi connectivity index (χ0) is 11.3. The lowest BCUT2D eigenvalue weighted by Gasteiger charge is -2.07. The van der Waals surface area contributed by atoms with E-state index in [-0.39, 0.29) is 12.2 Å². The van der Waals surface area contributed by atoms with Crippen molar-refractivity contribution in [2.75, 3.05) is 20.7 Å². The molecule has 4 heteroatoms. The number of halogens is 2. The number of rotatable bonds is 5. The maximum atomic E-state index is 13.5. The van der Waals surface area contributed by atoms with Crippen LogP contribution < -0.4 is 5.32 Å². The summed E-state index contributed by atoms with van der Waals surface area (Å²) in [6.45, 7) is 0.717. The Labute approximate surface area is 88.3 Å². The molecule has 0 bridgehead atoms. The van der Waals surface area contributed by atoms with Crippen LogP contribution in [-0.2, 0) is 17.8 Å². The molecule has 0 aliphatic rings. The summed E-state index contributed by atoms with van der Waals surface area (Å²) in [4.78, 5) is 0. The largest absolute Gasteiger partial charge is 0.380 e. The molecule has 0 aromatic heterocycles. The summed E-state index contributed by atoms with van der Waals surface area (Å²) in [6.07, 6.45) is 0.479. The van der Waals surface area contributed by atoms with Crippen molar-refractivity contribution in [2.24, 2.45) is 0 Å². The highest BCUT2D eigenvalue weighted by atomic mass is 19.2. The molecule has 0 radical (unpaired) electrons. The predicted octanol–water partition coefficient (Wildman–Crippen LogP) is 1.87. The lowest BCUT2D eigenvalue weighted by molar-refractivity contribution is 0.180. The van der Waals surface area contributed by atoms with Crippen molar-refractivity contribution >= 4 is 0 Å². The van der Waals surface area contributed by atoms with Crippen molar-refractivity contribution < 1.29 is 13.5 Å². The lowest BCUT2D eigenvalue weighted by Crippen LogP contribution is -2.12. The predicted molar refractivity (Wildman–Crippen MR) is 54.7 cm³/mol. The highest BCUT2D eigenvalue weighted by Crippen LogP contribution is 2.17. The van der Waals surface area contributed by atoms with Gasteiger partial charge in [-0.05, 0) is 25.6 Å². The van der Waals surface area contributed by atoms with Crippen LogP contribution >= 0.6 is 0 Å². The van der Waals surface area contributed by atoms with Crippen LogP contribution in [0.15, 0.2) is 12.1 Å². The maximum Gasteiger partial charge on any atom is 0.164 e. The number of hydrogen-bond donors (Lipinski definition) is 1. The second-order valence-corrected chi connectivity index (χ2v) is 3.30. The fraction of sp³-hybridized carbons (Fsp3) is 0.455. The summed E-state index contributed by atoms with van der Waals surface area (Å²) in [5.41, 5.74) is 0.643. The van der Waals surface area contributed by atoms with Gasteiger partial charge in [0.25, 0.3) is 0 Å². The Morgan fingerprint density at radius 1 is 1.20 bits per heavy atom. The van der Waals surface area contributed by atoms with Crippen molar-refractivity contribution in [3.05, 3.63) is 34.9 Å². The van der Waals surface area contributed by atoms with Gasteiger partial charge in [-0.15, -0.1) is 0 Å². The zero-order valence-corrected chi connectivity index (χ0v) is 8.94. The molecule has 0 amide bonds. The molecule has 2 nitrogen and oxygen atoms in total. The van der Waals surface area contributed by atoms with E-state index in [4.69, 9.17) is 4.74 Å². The van der Waals surface area contributed by atoms with Crippen LogP contribution in [0.2, 0.25) is 0 Å². The summed E-state index contributed by atoms with van der Waals surface area (Å²) < 4.78 is 31.6. The number of methoxy groups -OCH3 is 1. The highest BCUT2D eigenvalue weighted by molar-refractivity contribution is 5.26. The van der Waals surface area contributed by atoms with Crippen LogP contribution in [0.4, 0.5) is 8.78 Å². The molecule has 0 fully saturated rings. The molecule has 0 unspecified atom stereocenters. The minimum Gasteiger partial charge on any atom is -0.380 e. The molecule has 0 spiro atoms. The van der Waals surface area contributed by atoms with Crippen LogP contribution in [0.25, 0.3) is 0 Å². The first-order valence-corrected chi connectivity index (χ1v) is 4.80. The first kappa shape index (κ1) is 12.1. The van der Waals surface area contributed by atoms with Gasteiger partial charge in [0.05, 0.1) is 6.61 Å². The van der Waals surface area contributed by atoms with E-state index in [0.29, 0.717) is 18.5 Å². The number of likely N-dealkylation sites (N-methyl/N-ethyl adjacent to an activating group) is 1. The van der Waals surface area contributed by atoms with Crippen molar-refractivity contribution in [2.45, 2.75) is 13.0 Å². The van der Waals surface area contributed by atoms with Gasteiger partial charge in [0, 0.05) is 12.7 Å². The Kier molecular flexibility index (Phi) is 4.65. The van der Waals surface area contributed by atoms with Crippen LogP contribution in [-0.4, -0.2) is 20.7 Å². The third kappa shape index (κ3) is 2.97. The lowest BCUT2D eigenvalue weighted by atomic mass is 10.1. The average Bonchev–Trinajstić information content (AvgIpc) is 2.24. The zero-order valence-electron chi connectivity index (χ0n) is 8.94. The fourth-order valence-corrected chi connectivity index (χ4v) is 1.35. The minimum atomic E-state index is -0.801. The second kappa shape index (κ2) is 5.78. The number of benzene rings is 1. The molecule has 0 atom stereocenters. The molecule has 15 heavy (non-hydrogen) atoms. The van der Waals surface area contributed by atoms with E-state index >= 15 is 0 Å². The maximum absolute atomic E-state index is 13.5. The topological polar surface area (TPSA) is 21.3 Å². The van der Waals surface area contributed by atoms with Gasteiger partial charge in [-0.2, -0.15) is 0 Å². The third-order valence-corrected chi connectivity index (χ3v) is 2.19. The number of ether oxygens (including phenoxy) is 1. The molecule has 0 aliphatic carbocycles. The van der Waals surface area contributed by atoms with Crippen molar-refractivity contribution in [3.8, 4) is 0 Å².